The van der Waals surface area contributed by atoms with Crippen molar-refractivity contribution in [1.82, 2.24) is 0 Å². The highest BCUT2D eigenvalue weighted by atomic mass is 32.3. The molecule has 8 heterocycles. The minimum Gasteiger partial charge on any atom is -0.113 e. The van der Waals surface area contributed by atoms with E-state index in [1.807, 2.05) is 0 Å². The Bertz CT molecular complexity index is 1230. The first-order valence-corrected chi connectivity index (χ1v) is 32.1. The normalized spacial score (nSPS) is 34.6. The second-order valence-electron chi connectivity index (χ2n) is 12.8. The van der Waals surface area contributed by atoms with Crippen LogP contribution in [0.4, 0.5) is 0 Å². The summed E-state index contributed by atoms with van der Waals surface area (Å²) in [5.41, 5.74) is 0. The van der Waals surface area contributed by atoms with Gasteiger partial charge in [0.25, 0.3) is 0 Å². The minimum atomic E-state index is 0.790. The van der Waals surface area contributed by atoms with Crippen LogP contribution in [0.3, 0.4) is 0 Å². The van der Waals surface area contributed by atoms with E-state index in [2.05, 4.69) is 244 Å². The van der Waals surface area contributed by atoms with Gasteiger partial charge in [-0.3, -0.25) is 0 Å². The Labute approximate surface area is 382 Å². The Hall–Kier alpha value is 4.04. The van der Waals surface area contributed by atoms with E-state index < -0.39 is 0 Å². The van der Waals surface area contributed by atoms with E-state index in [0.717, 1.165) is 42.0 Å². The van der Waals surface area contributed by atoms with Crippen molar-refractivity contribution >= 4 is 188 Å². The van der Waals surface area contributed by atoms with Crippen LogP contribution in [0.1, 0.15) is 107 Å². The fourth-order valence-electron chi connectivity index (χ4n) is 6.48. The highest BCUT2D eigenvalue weighted by molar-refractivity contribution is 8.47. The van der Waals surface area contributed by atoms with E-state index in [4.69, 9.17) is 0 Å². The van der Waals surface area contributed by atoms with E-state index in [-0.39, 0.29) is 0 Å². The third kappa shape index (κ3) is 9.88. The third-order valence-electron chi connectivity index (χ3n) is 9.43. The molecule has 0 saturated carbocycles. The summed E-state index contributed by atoms with van der Waals surface area (Å²) in [5, 5.41) is 6.32. The molecule has 8 rings (SSSR count). The molecular formula is C36H48S16. The maximum Gasteiger partial charge on any atom is 0.0717 e. The molecular weight excluding hydrogens is 945 g/mol. The van der Waals surface area contributed by atoms with Gasteiger partial charge in [0, 0.05) is 42.0 Å². The van der Waals surface area contributed by atoms with Crippen LogP contribution in [0.15, 0.2) is 50.8 Å². The largest absolute Gasteiger partial charge is 0.113 e. The zero-order chi connectivity index (χ0) is 36.5. The number of thioether (sulfide) groups is 16. The van der Waals surface area contributed by atoms with Crippen molar-refractivity contribution in [2.75, 3.05) is 0 Å². The van der Waals surface area contributed by atoms with Crippen LogP contribution in [0.5, 0.6) is 0 Å². The van der Waals surface area contributed by atoms with Gasteiger partial charge < -0.3 is 0 Å². The lowest BCUT2D eigenvalue weighted by Gasteiger charge is -2.28. The first kappa shape index (κ1) is 44.1. The summed E-state index contributed by atoms with van der Waals surface area (Å²) < 4.78 is 18.9. The van der Waals surface area contributed by atoms with Gasteiger partial charge in [-0.1, -0.05) is 149 Å². The zero-order valence-corrected chi connectivity index (χ0v) is 43.9. The summed E-state index contributed by atoms with van der Waals surface area (Å²) >= 11 is 33.7. The van der Waals surface area contributed by atoms with Crippen molar-refractivity contribution < 1.29 is 0 Å². The molecule has 0 saturated heterocycles. The average Bonchev–Trinajstić information content (AvgIpc) is 3.98. The SMILES string of the molecule is CC[C@@H]1SC2=C(SC(=C3SC4=C(S3)S[C@@H](CC)[C@H](CC)S4)S2)S[C@H]1CC.CC[C@H]1SC2=C(SC(=C3SC4=C(S3)S[C@H](CC)[C@@H](CC)S4)S2)S[C@@H]1CC. The van der Waals surface area contributed by atoms with Gasteiger partial charge in [-0.15, -0.1) is 94.1 Å². The van der Waals surface area contributed by atoms with E-state index in [0.29, 0.717) is 0 Å². The monoisotopic (exact) mass is 992 g/mol. The van der Waals surface area contributed by atoms with E-state index in [9.17, 15) is 0 Å². The van der Waals surface area contributed by atoms with Gasteiger partial charge in [0.05, 0.1) is 50.8 Å². The molecule has 0 fully saturated rings. The molecule has 0 unspecified atom stereocenters. The molecule has 0 bridgehead atoms. The van der Waals surface area contributed by atoms with Gasteiger partial charge in [-0.25, -0.2) is 0 Å². The molecule has 0 nitrogen and oxygen atoms in total. The molecule has 0 spiro atoms. The summed E-state index contributed by atoms with van der Waals surface area (Å²) in [6, 6.07) is 0. The Morgan fingerprint density at radius 2 is 0.327 bits per heavy atom. The van der Waals surface area contributed by atoms with Crippen molar-refractivity contribution in [3.8, 4) is 0 Å². The van der Waals surface area contributed by atoms with Gasteiger partial charge >= 0.3 is 0 Å². The van der Waals surface area contributed by atoms with Crippen molar-refractivity contribution in [2.24, 2.45) is 0 Å². The topological polar surface area (TPSA) is 0 Å². The fraction of sp³-hybridized carbons (Fsp3) is 0.667. The zero-order valence-electron chi connectivity index (χ0n) is 30.8. The lowest BCUT2D eigenvalue weighted by molar-refractivity contribution is 0.739. The molecule has 8 aliphatic rings. The van der Waals surface area contributed by atoms with Crippen LogP contribution in [0, 0.1) is 0 Å². The van der Waals surface area contributed by atoms with Crippen LogP contribution in [-0.2, 0) is 0 Å². The van der Waals surface area contributed by atoms with Crippen LogP contribution in [0.25, 0.3) is 0 Å². The summed E-state index contributed by atoms with van der Waals surface area (Å²) in [4.78, 5) is 0. The first-order valence-electron chi connectivity index (χ1n) is 18.5. The van der Waals surface area contributed by atoms with Gasteiger partial charge in [0.1, 0.15) is 0 Å². The Morgan fingerprint density at radius 1 is 0.212 bits per heavy atom. The minimum absolute atomic E-state index is 0.790. The lowest BCUT2D eigenvalue weighted by atomic mass is 10.2. The summed E-state index contributed by atoms with van der Waals surface area (Å²) in [5.74, 6) is 0. The lowest BCUT2D eigenvalue weighted by Crippen LogP contribution is -2.20. The highest BCUT2D eigenvalue weighted by Gasteiger charge is 2.42. The van der Waals surface area contributed by atoms with Crippen molar-refractivity contribution in [3.63, 3.8) is 0 Å². The van der Waals surface area contributed by atoms with Crippen molar-refractivity contribution in [1.29, 1.82) is 0 Å². The van der Waals surface area contributed by atoms with Crippen molar-refractivity contribution in [3.05, 3.63) is 50.8 Å². The molecule has 52 heavy (non-hydrogen) atoms. The highest BCUT2D eigenvalue weighted by Crippen LogP contribution is 2.72. The van der Waals surface area contributed by atoms with Crippen LogP contribution >= 0.6 is 188 Å². The van der Waals surface area contributed by atoms with Crippen LogP contribution in [-0.4, -0.2) is 42.0 Å². The first-order chi connectivity index (χ1) is 25.3. The molecule has 8 aliphatic heterocycles. The number of hydrogen-bond acceptors (Lipinski definition) is 16. The molecule has 0 aliphatic carbocycles. The molecule has 0 N–H and O–H groups in total. The number of hydrogen-bond donors (Lipinski definition) is 0. The van der Waals surface area contributed by atoms with Gasteiger partial charge in [0.2, 0.25) is 0 Å². The third-order valence-corrected chi connectivity index (χ3v) is 36.8. The standard InChI is InChI=1S/2C18H24S8/c2*1-5-9-10(6-2)20-14-13(19-9)23-17(24-14)18-25-15-16(26-18)22-12(8-4)11(7-3)21-15/h2*9-12H,5-8H2,1-4H3/t2*9-,10-,11-,12-/m10/s1. The Balaban J connectivity index is 0.000000162. The van der Waals surface area contributed by atoms with E-state index >= 15 is 0 Å². The predicted octanol–water partition coefficient (Wildman–Crippen LogP) is 18.8. The molecule has 0 radical (unpaired) electrons. The van der Waals surface area contributed by atoms with Gasteiger partial charge in [0.15, 0.2) is 0 Å². The molecule has 16 heteroatoms. The van der Waals surface area contributed by atoms with Gasteiger partial charge in [-0.2, -0.15) is 0 Å². The fourth-order valence-corrected chi connectivity index (χ4v) is 34.3. The molecule has 288 valence electrons. The summed E-state index contributed by atoms with van der Waals surface area (Å²) in [6.45, 7) is 18.8. The van der Waals surface area contributed by atoms with Crippen LogP contribution in [0.2, 0.25) is 0 Å². The maximum absolute atomic E-state index is 2.35. The summed E-state index contributed by atoms with van der Waals surface area (Å²) in [7, 11) is 0. The predicted molar refractivity (Wildman–Crippen MR) is 276 cm³/mol. The Kier molecular flexibility index (Phi) is 17.6. The van der Waals surface area contributed by atoms with Crippen molar-refractivity contribution in [2.45, 2.75) is 149 Å². The van der Waals surface area contributed by atoms with Crippen LogP contribution < -0.4 is 0 Å². The second kappa shape index (κ2) is 20.7. The summed E-state index contributed by atoms with van der Waals surface area (Å²) in [6.07, 6.45) is 10.3. The Morgan fingerprint density at radius 3 is 0.423 bits per heavy atom. The van der Waals surface area contributed by atoms with E-state index in [1.165, 1.54) is 51.4 Å². The molecule has 0 amide bonds. The second-order valence-corrected chi connectivity index (χ2v) is 34.0. The molecule has 0 aromatic heterocycles. The molecule has 8 atom stereocenters. The number of rotatable bonds is 8. The smallest absolute Gasteiger partial charge is 0.0717 e. The average molecular weight is 994 g/mol. The quantitative estimate of drug-likeness (QED) is 0.226. The van der Waals surface area contributed by atoms with E-state index in [1.54, 1.807) is 50.8 Å². The molecule has 0 aromatic rings. The van der Waals surface area contributed by atoms with Gasteiger partial charge in [-0.05, 0) is 51.4 Å². The maximum atomic E-state index is 2.35. The molecule has 0 aromatic carbocycles.